The molecule has 2 rings (SSSR count). The fourth-order valence-corrected chi connectivity index (χ4v) is 2.77. The fraction of sp³-hybridized carbons (Fsp3) is 0.333. The van der Waals surface area contributed by atoms with Gasteiger partial charge in [0.2, 0.25) is 0 Å². The van der Waals surface area contributed by atoms with Gasteiger partial charge in [0, 0.05) is 12.7 Å². The van der Waals surface area contributed by atoms with E-state index in [2.05, 4.69) is 15.6 Å². The molecule has 0 aromatic carbocycles. The zero-order chi connectivity index (χ0) is 14.9. The van der Waals surface area contributed by atoms with Gasteiger partial charge >= 0.3 is 0 Å². The van der Waals surface area contributed by atoms with Gasteiger partial charge in [-0.15, -0.1) is 0 Å². The molecule has 0 bridgehead atoms. The average molecular weight is 321 g/mol. The lowest BCUT2D eigenvalue weighted by Crippen LogP contribution is -2.29. The van der Waals surface area contributed by atoms with Crippen LogP contribution in [0.3, 0.4) is 0 Å². The van der Waals surface area contributed by atoms with Crippen molar-refractivity contribution >= 4 is 34.9 Å². The van der Waals surface area contributed by atoms with Crippen LogP contribution in [0, 0.1) is 6.92 Å². The third kappa shape index (κ3) is 6.18. The second kappa shape index (κ2) is 8.69. The van der Waals surface area contributed by atoms with Gasteiger partial charge in [0.25, 0.3) is 0 Å². The lowest BCUT2D eigenvalue weighted by molar-refractivity contribution is 0.530. The zero-order valence-electron chi connectivity index (χ0n) is 12.0. The second-order valence-corrected chi connectivity index (χ2v) is 6.10. The number of nitrogens with zero attached hydrogens (tertiary/aromatic N) is 1. The van der Waals surface area contributed by atoms with E-state index in [9.17, 15) is 0 Å². The molecule has 0 aliphatic rings. The highest BCUT2D eigenvalue weighted by Crippen LogP contribution is 2.12. The van der Waals surface area contributed by atoms with Gasteiger partial charge in [-0.3, -0.25) is 0 Å². The van der Waals surface area contributed by atoms with E-state index in [-0.39, 0.29) is 0 Å². The van der Waals surface area contributed by atoms with Gasteiger partial charge in [-0.25, -0.2) is 4.98 Å². The third-order valence-corrected chi connectivity index (χ3v) is 4.04. The quantitative estimate of drug-likeness (QED) is 0.600. The summed E-state index contributed by atoms with van der Waals surface area (Å²) >= 11 is 7.10. The fourth-order valence-electron chi connectivity index (χ4n) is 1.71. The molecule has 2 heterocycles. The van der Waals surface area contributed by atoms with Crippen LogP contribution in [0.5, 0.6) is 0 Å². The molecular formula is C15H19N3OS2. The number of furan rings is 1. The largest absolute Gasteiger partial charge is 0.468 e. The molecule has 112 valence electrons. The van der Waals surface area contributed by atoms with E-state index in [0.29, 0.717) is 5.11 Å². The first-order valence-corrected chi connectivity index (χ1v) is 8.38. The monoisotopic (exact) mass is 321 g/mol. The highest BCUT2D eigenvalue weighted by molar-refractivity contribution is 7.98. The molecule has 0 atom stereocenters. The minimum atomic E-state index is 0.615. The first-order valence-electron chi connectivity index (χ1n) is 6.81. The number of thioether (sulfide) groups is 1. The Morgan fingerprint density at radius 2 is 2.33 bits per heavy atom. The highest BCUT2D eigenvalue weighted by Gasteiger charge is 1.99. The third-order valence-electron chi connectivity index (χ3n) is 2.73. The van der Waals surface area contributed by atoms with Gasteiger partial charge in [-0.05, 0) is 61.1 Å². The summed E-state index contributed by atoms with van der Waals surface area (Å²) in [6.45, 7) is 2.88. The summed E-state index contributed by atoms with van der Waals surface area (Å²) in [4.78, 5) is 4.21. The van der Waals surface area contributed by atoms with Crippen LogP contribution < -0.4 is 10.6 Å². The average Bonchev–Trinajstić information content (AvgIpc) is 2.96. The van der Waals surface area contributed by atoms with Crippen molar-refractivity contribution in [1.29, 1.82) is 0 Å². The minimum Gasteiger partial charge on any atom is -0.468 e. The predicted molar refractivity (Wildman–Crippen MR) is 92.7 cm³/mol. The maximum Gasteiger partial charge on any atom is 0.171 e. The Bertz CT molecular complexity index is 558. The number of anilines is 1. The van der Waals surface area contributed by atoms with Crippen molar-refractivity contribution in [3.05, 3.63) is 48.0 Å². The first-order chi connectivity index (χ1) is 10.2. The molecule has 2 aromatic rings. The van der Waals surface area contributed by atoms with Gasteiger partial charge in [-0.2, -0.15) is 11.8 Å². The Balaban J connectivity index is 1.55. The number of rotatable bonds is 7. The van der Waals surface area contributed by atoms with E-state index in [1.165, 1.54) is 0 Å². The van der Waals surface area contributed by atoms with Crippen LogP contribution in [0.15, 0.2) is 41.1 Å². The Hall–Kier alpha value is -1.53. The summed E-state index contributed by atoms with van der Waals surface area (Å²) in [5.41, 5.74) is 1.16. The standard InChI is InChI=1S/C15H19N3OS2/c1-12-5-7-16-14(10-12)18-15(20)17-6-3-9-21-11-13-4-2-8-19-13/h2,4-5,7-8,10H,3,6,9,11H2,1H3,(H2,16,17,18,20). The van der Waals surface area contributed by atoms with E-state index in [0.717, 1.165) is 41.6 Å². The van der Waals surface area contributed by atoms with Crippen LogP contribution in [-0.4, -0.2) is 22.4 Å². The van der Waals surface area contributed by atoms with Crippen LogP contribution in [0.4, 0.5) is 5.82 Å². The van der Waals surface area contributed by atoms with Crippen LogP contribution in [-0.2, 0) is 5.75 Å². The predicted octanol–water partition coefficient (Wildman–Crippen LogP) is 3.59. The zero-order valence-corrected chi connectivity index (χ0v) is 13.6. The molecule has 0 amide bonds. The molecule has 0 saturated heterocycles. The molecule has 2 aromatic heterocycles. The number of pyridine rings is 1. The molecule has 0 unspecified atom stereocenters. The van der Waals surface area contributed by atoms with E-state index in [1.807, 2.05) is 43.0 Å². The molecule has 0 fully saturated rings. The maximum absolute atomic E-state index is 5.28. The number of hydrogen-bond donors (Lipinski definition) is 2. The molecule has 2 N–H and O–H groups in total. The van der Waals surface area contributed by atoms with Gasteiger partial charge in [0.15, 0.2) is 5.11 Å². The van der Waals surface area contributed by atoms with Crippen molar-refractivity contribution in [2.45, 2.75) is 19.1 Å². The maximum atomic E-state index is 5.28. The van der Waals surface area contributed by atoms with Crippen LogP contribution >= 0.6 is 24.0 Å². The first kappa shape index (κ1) is 15.9. The highest BCUT2D eigenvalue weighted by atomic mass is 32.2. The van der Waals surface area contributed by atoms with Gasteiger partial charge in [-0.1, -0.05) is 0 Å². The van der Waals surface area contributed by atoms with Crippen molar-refractivity contribution in [1.82, 2.24) is 10.3 Å². The van der Waals surface area contributed by atoms with Crippen molar-refractivity contribution < 1.29 is 4.42 Å². The molecular weight excluding hydrogens is 302 g/mol. The normalized spacial score (nSPS) is 10.3. The number of hydrogen-bond acceptors (Lipinski definition) is 4. The molecule has 0 aliphatic heterocycles. The molecule has 21 heavy (non-hydrogen) atoms. The molecule has 0 saturated carbocycles. The van der Waals surface area contributed by atoms with E-state index in [1.54, 1.807) is 12.5 Å². The van der Waals surface area contributed by atoms with Gasteiger partial charge in [0.1, 0.15) is 11.6 Å². The Morgan fingerprint density at radius 3 is 3.10 bits per heavy atom. The summed E-state index contributed by atoms with van der Waals surface area (Å²) in [5.74, 6) is 3.79. The van der Waals surface area contributed by atoms with Crippen LogP contribution in [0.1, 0.15) is 17.7 Å². The van der Waals surface area contributed by atoms with Crippen LogP contribution in [0.2, 0.25) is 0 Å². The SMILES string of the molecule is Cc1ccnc(NC(=S)NCCCSCc2ccco2)c1. The van der Waals surface area contributed by atoms with E-state index >= 15 is 0 Å². The van der Waals surface area contributed by atoms with Crippen molar-refractivity contribution in [3.63, 3.8) is 0 Å². The van der Waals surface area contributed by atoms with Crippen molar-refractivity contribution in [2.24, 2.45) is 0 Å². The van der Waals surface area contributed by atoms with Crippen LogP contribution in [0.25, 0.3) is 0 Å². The number of aromatic nitrogens is 1. The topological polar surface area (TPSA) is 50.1 Å². The van der Waals surface area contributed by atoms with Crippen molar-refractivity contribution in [3.8, 4) is 0 Å². The Morgan fingerprint density at radius 1 is 1.43 bits per heavy atom. The summed E-state index contributed by atoms with van der Waals surface area (Å²) in [6, 6.07) is 7.84. The lowest BCUT2D eigenvalue weighted by atomic mass is 10.3. The summed E-state index contributed by atoms with van der Waals surface area (Å²) in [6.07, 6.45) is 4.53. The number of thiocarbonyl (C=S) groups is 1. The smallest absolute Gasteiger partial charge is 0.171 e. The van der Waals surface area contributed by atoms with Crippen molar-refractivity contribution in [2.75, 3.05) is 17.6 Å². The molecule has 4 nitrogen and oxygen atoms in total. The molecule has 0 aliphatic carbocycles. The van der Waals surface area contributed by atoms with E-state index < -0.39 is 0 Å². The summed E-state index contributed by atoms with van der Waals surface area (Å²) < 4.78 is 5.28. The van der Waals surface area contributed by atoms with E-state index in [4.69, 9.17) is 16.6 Å². The Labute approximate surface area is 134 Å². The summed E-state index contributed by atoms with van der Waals surface area (Å²) in [7, 11) is 0. The molecule has 0 spiro atoms. The molecule has 6 heteroatoms. The summed E-state index contributed by atoms with van der Waals surface area (Å²) in [5, 5.41) is 6.89. The number of nitrogens with one attached hydrogen (secondary N) is 2. The Kier molecular flexibility index (Phi) is 6.56. The number of aryl methyl sites for hydroxylation is 1. The van der Waals surface area contributed by atoms with Gasteiger partial charge in [0.05, 0.1) is 12.0 Å². The second-order valence-electron chi connectivity index (χ2n) is 4.58. The minimum absolute atomic E-state index is 0.615. The molecule has 0 radical (unpaired) electrons. The van der Waals surface area contributed by atoms with Gasteiger partial charge < -0.3 is 15.1 Å². The lowest BCUT2D eigenvalue weighted by Gasteiger charge is -2.09.